The number of nitrogens with zero attached hydrogens (tertiary/aromatic N) is 1. The third-order valence-corrected chi connectivity index (χ3v) is 4.86. The Balaban J connectivity index is 0.00000192. The molecule has 1 aliphatic carbocycles. The number of nitrogens with one attached hydrogen (secondary N) is 2. The van der Waals surface area contributed by atoms with Crippen LogP contribution in [0.25, 0.3) is 0 Å². The molecule has 128 valence electrons. The summed E-state index contributed by atoms with van der Waals surface area (Å²) in [7, 11) is 1.81. The summed E-state index contributed by atoms with van der Waals surface area (Å²) < 4.78 is 5.63. The van der Waals surface area contributed by atoms with Gasteiger partial charge in [0.1, 0.15) is 0 Å². The highest BCUT2D eigenvalue weighted by molar-refractivity contribution is 14.0. The van der Waals surface area contributed by atoms with Gasteiger partial charge in [-0.2, -0.15) is 0 Å². The summed E-state index contributed by atoms with van der Waals surface area (Å²) in [5.41, 5.74) is 1.54. The smallest absolute Gasteiger partial charge is 0.191 e. The second kappa shape index (κ2) is 8.53. The highest BCUT2D eigenvalue weighted by atomic mass is 127. The van der Waals surface area contributed by atoms with Crippen molar-refractivity contribution in [1.29, 1.82) is 0 Å². The lowest BCUT2D eigenvalue weighted by atomic mass is 9.96. The molecule has 3 rings (SSSR count). The zero-order valence-corrected chi connectivity index (χ0v) is 16.6. The van der Waals surface area contributed by atoms with Gasteiger partial charge in [0, 0.05) is 37.2 Å². The molecular formula is C17H25ClIN3O. The summed E-state index contributed by atoms with van der Waals surface area (Å²) in [5, 5.41) is 7.63. The fourth-order valence-electron chi connectivity index (χ4n) is 3.03. The highest BCUT2D eigenvalue weighted by Crippen LogP contribution is 2.48. The van der Waals surface area contributed by atoms with Crippen LogP contribution in [0, 0.1) is 0 Å². The van der Waals surface area contributed by atoms with E-state index in [0.29, 0.717) is 6.10 Å². The molecule has 1 heterocycles. The van der Waals surface area contributed by atoms with Gasteiger partial charge in [-0.1, -0.05) is 23.7 Å². The number of halogens is 2. The number of hydrogen-bond donors (Lipinski definition) is 2. The van der Waals surface area contributed by atoms with E-state index in [1.165, 1.54) is 18.4 Å². The van der Waals surface area contributed by atoms with Crippen LogP contribution in [0.15, 0.2) is 29.3 Å². The van der Waals surface area contributed by atoms with Crippen LogP contribution in [0.2, 0.25) is 5.02 Å². The van der Waals surface area contributed by atoms with Crippen molar-refractivity contribution in [1.82, 2.24) is 10.6 Å². The lowest BCUT2D eigenvalue weighted by molar-refractivity contribution is 0.114. The Morgan fingerprint density at radius 1 is 1.39 bits per heavy atom. The zero-order valence-electron chi connectivity index (χ0n) is 13.5. The Bertz CT molecular complexity index is 542. The van der Waals surface area contributed by atoms with E-state index in [4.69, 9.17) is 16.3 Å². The van der Waals surface area contributed by atoms with Gasteiger partial charge >= 0.3 is 0 Å². The minimum absolute atomic E-state index is 0. The van der Waals surface area contributed by atoms with E-state index in [0.717, 1.165) is 43.5 Å². The monoisotopic (exact) mass is 449 g/mol. The van der Waals surface area contributed by atoms with E-state index in [9.17, 15) is 0 Å². The quantitative estimate of drug-likeness (QED) is 0.412. The van der Waals surface area contributed by atoms with E-state index in [2.05, 4.69) is 27.8 Å². The Hall–Kier alpha value is -0.530. The Morgan fingerprint density at radius 2 is 2.22 bits per heavy atom. The van der Waals surface area contributed by atoms with Crippen molar-refractivity contribution >= 4 is 41.5 Å². The third-order valence-electron chi connectivity index (χ3n) is 4.63. The van der Waals surface area contributed by atoms with Crippen molar-refractivity contribution in [2.45, 2.75) is 37.2 Å². The average Bonchev–Trinajstić information content (AvgIpc) is 3.14. The highest BCUT2D eigenvalue weighted by Gasteiger charge is 2.44. The molecule has 0 amide bonds. The van der Waals surface area contributed by atoms with Gasteiger partial charge in [-0.15, -0.1) is 24.0 Å². The minimum Gasteiger partial charge on any atom is -0.376 e. The molecule has 2 fully saturated rings. The van der Waals surface area contributed by atoms with Gasteiger partial charge in [-0.3, -0.25) is 4.99 Å². The van der Waals surface area contributed by atoms with Gasteiger partial charge < -0.3 is 15.4 Å². The van der Waals surface area contributed by atoms with E-state index >= 15 is 0 Å². The summed E-state index contributed by atoms with van der Waals surface area (Å²) in [6.45, 7) is 2.60. The van der Waals surface area contributed by atoms with Crippen molar-refractivity contribution in [2.24, 2.45) is 4.99 Å². The first-order valence-electron chi connectivity index (χ1n) is 8.04. The maximum atomic E-state index is 6.12. The van der Waals surface area contributed by atoms with Crippen molar-refractivity contribution in [3.8, 4) is 0 Å². The van der Waals surface area contributed by atoms with Crippen LogP contribution in [0.4, 0.5) is 0 Å². The van der Waals surface area contributed by atoms with Crippen LogP contribution in [0.3, 0.4) is 0 Å². The normalized spacial score (nSPS) is 22.3. The topological polar surface area (TPSA) is 45.7 Å². The maximum Gasteiger partial charge on any atom is 0.191 e. The fourth-order valence-corrected chi connectivity index (χ4v) is 3.22. The molecule has 1 saturated heterocycles. The molecule has 0 aromatic heterocycles. The summed E-state index contributed by atoms with van der Waals surface area (Å²) in [6.07, 6.45) is 5.01. The van der Waals surface area contributed by atoms with Crippen LogP contribution >= 0.6 is 35.6 Å². The molecule has 23 heavy (non-hydrogen) atoms. The molecule has 6 heteroatoms. The van der Waals surface area contributed by atoms with Gasteiger partial charge in [-0.25, -0.2) is 0 Å². The van der Waals surface area contributed by atoms with Crippen molar-refractivity contribution < 1.29 is 4.74 Å². The maximum absolute atomic E-state index is 6.12. The second-order valence-electron chi connectivity index (χ2n) is 6.23. The van der Waals surface area contributed by atoms with E-state index in [-0.39, 0.29) is 29.4 Å². The predicted molar refractivity (Wildman–Crippen MR) is 106 cm³/mol. The van der Waals surface area contributed by atoms with Crippen molar-refractivity contribution in [2.75, 3.05) is 26.7 Å². The molecule has 0 bridgehead atoms. The lowest BCUT2D eigenvalue weighted by Gasteiger charge is -2.20. The first-order chi connectivity index (χ1) is 10.7. The van der Waals surface area contributed by atoms with Gasteiger partial charge in [0.05, 0.1) is 6.10 Å². The molecule has 1 aromatic carbocycles. The Morgan fingerprint density at radius 3 is 2.83 bits per heavy atom. The average molecular weight is 450 g/mol. The molecule has 1 aromatic rings. The van der Waals surface area contributed by atoms with Crippen LogP contribution in [0.1, 0.15) is 31.2 Å². The first kappa shape index (κ1) is 18.8. The molecule has 1 atom stereocenters. The summed E-state index contributed by atoms with van der Waals surface area (Å²) in [5.74, 6) is 0.851. The third kappa shape index (κ3) is 4.97. The van der Waals surface area contributed by atoms with Crippen LogP contribution in [0.5, 0.6) is 0 Å². The van der Waals surface area contributed by atoms with E-state index < -0.39 is 0 Å². The Labute approximate surface area is 160 Å². The number of guanidine groups is 1. The largest absolute Gasteiger partial charge is 0.376 e. The molecule has 1 aliphatic heterocycles. The predicted octanol–water partition coefficient (Wildman–Crippen LogP) is 3.33. The number of rotatable bonds is 5. The van der Waals surface area contributed by atoms with Gasteiger partial charge in [0.25, 0.3) is 0 Å². The lowest BCUT2D eigenvalue weighted by Crippen LogP contribution is -2.43. The zero-order chi connectivity index (χ0) is 15.4. The summed E-state index contributed by atoms with van der Waals surface area (Å²) in [6, 6.07) is 8.21. The van der Waals surface area contributed by atoms with Crippen LogP contribution in [-0.2, 0) is 10.2 Å². The SMILES string of the molecule is CN=C(NCC1CCCO1)NCC1(c2cccc(Cl)c2)CC1.I. The van der Waals surface area contributed by atoms with Crippen molar-refractivity contribution in [3.05, 3.63) is 34.9 Å². The molecule has 2 aliphatic rings. The Kier molecular flexibility index (Phi) is 6.98. The summed E-state index contributed by atoms with van der Waals surface area (Å²) >= 11 is 6.12. The molecule has 4 nitrogen and oxygen atoms in total. The number of hydrogen-bond acceptors (Lipinski definition) is 2. The molecule has 2 N–H and O–H groups in total. The first-order valence-corrected chi connectivity index (χ1v) is 8.42. The molecule has 1 saturated carbocycles. The minimum atomic E-state index is 0. The summed E-state index contributed by atoms with van der Waals surface area (Å²) in [4.78, 5) is 4.30. The molecule has 1 unspecified atom stereocenters. The van der Waals surface area contributed by atoms with Crippen LogP contribution in [-0.4, -0.2) is 38.8 Å². The van der Waals surface area contributed by atoms with E-state index in [1.807, 2.05) is 19.2 Å². The van der Waals surface area contributed by atoms with Crippen molar-refractivity contribution in [3.63, 3.8) is 0 Å². The molecule has 0 radical (unpaired) electrons. The number of aliphatic imine (C=N–C) groups is 1. The standard InChI is InChI=1S/C17H24ClN3O.HI/c1-19-16(20-11-15-6-3-9-22-15)21-12-17(7-8-17)13-4-2-5-14(18)10-13;/h2,4-5,10,15H,3,6-9,11-12H2,1H3,(H2,19,20,21);1H. The molecular weight excluding hydrogens is 425 g/mol. The number of ether oxygens (including phenoxy) is 1. The van der Waals surface area contributed by atoms with Gasteiger partial charge in [0.15, 0.2) is 5.96 Å². The number of benzene rings is 1. The van der Waals surface area contributed by atoms with Crippen LogP contribution < -0.4 is 10.6 Å². The molecule has 0 spiro atoms. The van der Waals surface area contributed by atoms with Gasteiger partial charge in [-0.05, 0) is 43.4 Å². The van der Waals surface area contributed by atoms with Gasteiger partial charge in [0.2, 0.25) is 0 Å². The van der Waals surface area contributed by atoms with E-state index in [1.54, 1.807) is 0 Å². The fraction of sp³-hybridized carbons (Fsp3) is 0.588. The second-order valence-corrected chi connectivity index (χ2v) is 6.67.